The lowest BCUT2D eigenvalue weighted by Crippen LogP contribution is -2.21. The molecular formula is C21H20FN3O2S. The first-order valence-corrected chi connectivity index (χ1v) is 9.76. The van der Waals surface area contributed by atoms with Gasteiger partial charge in [0, 0.05) is 24.4 Å². The van der Waals surface area contributed by atoms with Crippen molar-refractivity contribution in [1.29, 1.82) is 0 Å². The average molecular weight is 397 g/mol. The summed E-state index contributed by atoms with van der Waals surface area (Å²) in [6.07, 6.45) is 1.75. The number of aryl methyl sites for hydroxylation is 1. The van der Waals surface area contributed by atoms with Crippen molar-refractivity contribution < 1.29 is 14.0 Å². The van der Waals surface area contributed by atoms with Gasteiger partial charge in [-0.15, -0.1) is 11.3 Å². The second kappa shape index (κ2) is 9.23. The Balaban J connectivity index is 1.60. The highest BCUT2D eigenvalue weighted by Crippen LogP contribution is 2.26. The molecule has 0 saturated carbocycles. The van der Waals surface area contributed by atoms with Gasteiger partial charge in [0.2, 0.25) is 5.91 Å². The van der Waals surface area contributed by atoms with Gasteiger partial charge < -0.3 is 5.32 Å². The normalized spacial score (nSPS) is 10.5. The van der Waals surface area contributed by atoms with Gasteiger partial charge in [0.05, 0.1) is 11.3 Å². The van der Waals surface area contributed by atoms with Crippen molar-refractivity contribution in [2.24, 2.45) is 0 Å². The van der Waals surface area contributed by atoms with Crippen molar-refractivity contribution >= 4 is 28.3 Å². The summed E-state index contributed by atoms with van der Waals surface area (Å²) in [4.78, 5) is 27.5. The van der Waals surface area contributed by atoms with Crippen molar-refractivity contribution in [1.82, 2.24) is 10.3 Å². The van der Waals surface area contributed by atoms with Crippen LogP contribution in [0.4, 0.5) is 9.52 Å². The Morgan fingerprint density at radius 1 is 1.11 bits per heavy atom. The van der Waals surface area contributed by atoms with Crippen LogP contribution in [0.2, 0.25) is 0 Å². The number of thiazole rings is 1. The highest BCUT2D eigenvalue weighted by molar-refractivity contribution is 7.14. The molecule has 0 bridgehead atoms. The monoisotopic (exact) mass is 397 g/mol. The minimum absolute atomic E-state index is 0.0112. The van der Waals surface area contributed by atoms with E-state index in [1.807, 2.05) is 29.6 Å². The summed E-state index contributed by atoms with van der Waals surface area (Å²) < 4.78 is 13.7. The number of aromatic nitrogens is 1. The molecule has 0 aliphatic carbocycles. The van der Waals surface area contributed by atoms with Crippen molar-refractivity contribution in [2.45, 2.75) is 19.8 Å². The topological polar surface area (TPSA) is 71.1 Å². The van der Waals surface area contributed by atoms with Gasteiger partial charge in [0.15, 0.2) is 5.13 Å². The van der Waals surface area contributed by atoms with Crippen molar-refractivity contribution in [2.75, 3.05) is 11.9 Å². The molecule has 0 fully saturated rings. The van der Waals surface area contributed by atoms with E-state index in [0.717, 1.165) is 24.1 Å². The minimum atomic E-state index is -0.564. The van der Waals surface area contributed by atoms with Gasteiger partial charge in [-0.25, -0.2) is 9.37 Å². The molecule has 2 aromatic carbocycles. The molecule has 3 aromatic rings. The lowest BCUT2D eigenvalue weighted by atomic mass is 10.1. The maximum Gasteiger partial charge on any atom is 0.260 e. The third kappa shape index (κ3) is 5.23. The molecule has 0 saturated heterocycles. The number of hydrogen-bond acceptors (Lipinski definition) is 4. The lowest BCUT2D eigenvalue weighted by Gasteiger charge is -2.04. The maximum atomic E-state index is 13.7. The number of rotatable bonds is 7. The predicted octanol–water partition coefficient (Wildman–Crippen LogP) is 4.27. The van der Waals surface area contributed by atoms with Crippen LogP contribution < -0.4 is 10.6 Å². The fraction of sp³-hybridized carbons (Fsp3) is 0.190. The average Bonchev–Trinajstić information content (AvgIpc) is 3.14. The van der Waals surface area contributed by atoms with Gasteiger partial charge >= 0.3 is 0 Å². The lowest BCUT2D eigenvalue weighted by molar-refractivity contribution is -0.118. The van der Waals surface area contributed by atoms with Crippen LogP contribution in [0.15, 0.2) is 53.9 Å². The molecule has 7 heteroatoms. The molecule has 3 rings (SSSR count). The second-order valence-electron chi connectivity index (χ2n) is 6.26. The molecule has 0 spiro atoms. The van der Waals surface area contributed by atoms with Gasteiger partial charge in [-0.3, -0.25) is 14.9 Å². The highest BCUT2D eigenvalue weighted by atomic mass is 32.1. The Morgan fingerprint density at radius 2 is 1.86 bits per heavy atom. The number of nitrogens with zero attached hydrogens (tertiary/aromatic N) is 1. The standard InChI is InChI=1S/C21H20FN3O2S/c1-14(26)23-12-4-5-15-8-10-16(11-9-15)19-13-28-21(24-19)25-20(27)17-6-2-3-7-18(17)22/h2-3,6-11,13H,4-5,12H2,1H3,(H,23,26)(H,24,25,27). The summed E-state index contributed by atoms with van der Waals surface area (Å²) in [6.45, 7) is 2.17. The number of amides is 2. The Hall–Kier alpha value is -3.06. The smallest absolute Gasteiger partial charge is 0.260 e. The van der Waals surface area contributed by atoms with Gasteiger partial charge in [-0.2, -0.15) is 0 Å². The number of carbonyl (C=O) groups is 2. The fourth-order valence-electron chi connectivity index (χ4n) is 2.67. The largest absolute Gasteiger partial charge is 0.356 e. The molecule has 28 heavy (non-hydrogen) atoms. The molecule has 5 nitrogen and oxygen atoms in total. The third-order valence-corrected chi connectivity index (χ3v) is 4.87. The second-order valence-corrected chi connectivity index (χ2v) is 7.11. The van der Waals surface area contributed by atoms with Gasteiger partial charge in [0.1, 0.15) is 5.82 Å². The zero-order valence-electron chi connectivity index (χ0n) is 15.4. The SMILES string of the molecule is CC(=O)NCCCc1ccc(-c2csc(NC(=O)c3ccccc3F)n2)cc1. The predicted molar refractivity (Wildman–Crippen MR) is 109 cm³/mol. The molecule has 0 atom stereocenters. The first kappa shape index (κ1) is 19.7. The summed E-state index contributed by atoms with van der Waals surface area (Å²) in [5, 5.41) is 7.69. The van der Waals surface area contributed by atoms with E-state index in [1.165, 1.54) is 42.0 Å². The van der Waals surface area contributed by atoms with E-state index in [2.05, 4.69) is 15.6 Å². The molecule has 2 N–H and O–H groups in total. The Kier molecular flexibility index (Phi) is 6.49. The molecule has 0 unspecified atom stereocenters. The van der Waals surface area contributed by atoms with Crippen LogP contribution in [0.1, 0.15) is 29.3 Å². The van der Waals surface area contributed by atoms with Gasteiger partial charge in [-0.05, 0) is 30.5 Å². The first-order chi connectivity index (χ1) is 13.5. The molecular weight excluding hydrogens is 377 g/mol. The third-order valence-electron chi connectivity index (χ3n) is 4.11. The van der Waals surface area contributed by atoms with Crippen LogP contribution in [0.25, 0.3) is 11.3 Å². The van der Waals surface area contributed by atoms with Crippen molar-refractivity contribution in [3.63, 3.8) is 0 Å². The summed E-state index contributed by atoms with van der Waals surface area (Å²) >= 11 is 1.29. The number of benzene rings is 2. The Morgan fingerprint density at radius 3 is 2.57 bits per heavy atom. The van der Waals surface area contributed by atoms with Crippen LogP contribution in [0, 0.1) is 5.82 Å². The van der Waals surface area contributed by atoms with E-state index in [0.29, 0.717) is 11.7 Å². The molecule has 0 aliphatic heterocycles. The van der Waals surface area contributed by atoms with Gasteiger partial charge in [-0.1, -0.05) is 36.4 Å². The molecule has 0 radical (unpaired) electrons. The summed E-state index contributed by atoms with van der Waals surface area (Å²) in [5.74, 6) is -1.10. The van der Waals surface area contributed by atoms with Crippen LogP contribution in [0.5, 0.6) is 0 Å². The quantitative estimate of drug-likeness (QED) is 0.585. The number of nitrogens with one attached hydrogen (secondary N) is 2. The minimum Gasteiger partial charge on any atom is -0.356 e. The van der Waals surface area contributed by atoms with Crippen LogP contribution in [-0.4, -0.2) is 23.3 Å². The van der Waals surface area contributed by atoms with Crippen LogP contribution >= 0.6 is 11.3 Å². The number of halogens is 1. The molecule has 144 valence electrons. The zero-order valence-corrected chi connectivity index (χ0v) is 16.2. The van der Waals surface area contributed by atoms with E-state index < -0.39 is 11.7 Å². The Labute approximate surface area is 166 Å². The van der Waals surface area contributed by atoms with Gasteiger partial charge in [0.25, 0.3) is 5.91 Å². The number of hydrogen-bond donors (Lipinski definition) is 2. The molecule has 1 aromatic heterocycles. The summed E-state index contributed by atoms with van der Waals surface area (Å²) in [6, 6.07) is 13.8. The Bertz CT molecular complexity index is 970. The summed E-state index contributed by atoms with van der Waals surface area (Å²) in [7, 11) is 0. The van der Waals surface area contributed by atoms with E-state index in [1.54, 1.807) is 6.07 Å². The first-order valence-electron chi connectivity index (χ1n) is 8.88. The van der Waals surface area contributed by atoms with E-state index in [-0.39, 0.29) is 11.5 Å². The van der Waals surface area contributed by atoms with Crippen LogP contribution in [-0.2, 0) is 11.2 Å². The van der Waals surface area contributed by atoms with E-state index >= 15 is 0 Å². The number of anilines is 1. The highest BCUT2D eigenvalue weighted by Gasteiger charge is 2.13. The summed E-state index contributed by atoms with van der Waals surface area (Å²) in [5.41, 5.74) is 2.85. The van der Waals surface area contributed by atoms with E-state index in [4.69, 9.17) is 0 Å². The molecule has 1 heterocycles. The van der Waals surface area contributed by atoms with Crippen LogP contribution in [0.3, 0.4) is 0 Å². The molecule has 2 amide bonds. The fourth-order valence-corrected chi connectivity index (χ4v) is 3.39. The van der Waals surface area contributed by atoms with E-state index in [9.17, 15) is 14.0 Å². The molecule has 0 aliphatic rings. The zero-order chi connectivity index (χ0) is 19.9. The number of carbonyl (C=O) groups excluding carboxylic acids is 2. The maximum absolute atomic E-state index is 13.7. The van der Waals surface area contributed by atoms with Crippen molar-refractivity contribution in [3.8, 4) is 11.3 Å². The van der Waals surface area contributed by atoms with Crippen molar-refractivity contribution in [3.05, 3.63) is 70.9 Å².